The van der Waals surface area contributed by atoms with Gasteiger partial charge in [0.15, 0.2) is 0 Å². The molecule has 0 radical (unpaired) electrons. The van der Waals surface area contributed by atoms with E-state index in [1.807, 2.05) is 0 Å². The molecule has 2 aliphatic rings. The van der Waals surface area contributed by atoms with E-state index in [0.717, 1.165) is 18.4 Å². The van der Waals surface area contributed by atoms with Crippen molar-refractivity contribution in [3.63, 3.8) is 0 Å². The molecule has 2 unspecified atom stereocenters. The zero-order valence-corrected chi connectivity index (χ0v) is 13.6. The Labute approximate surface area is 129 Å². The normalized spacial score (nSPS) is 30.9. The van der Waals surface area contributed by atoms with E-state index in [2.05, 4.69) is 54.4 Å². The Bertz CT molecular complexity index is 438. The highest BCUT2D eigenvalue weighted by Gasteiger charge is 2.44. The third-order valence-corrected chi connectivity index (χ3v) is 5.69. The third kappa shape index (κ3) is 3.32. The van der Waals surface area contributed by atoms with Crippen molar-refractivity contribution in [2.75, 3.05) is 26.2 Å². The molecule has 1 N–H and O–H groups in total. The number of benzene rings is 1. The van der Waals surface area contributed by atoms with Crippen LogP contribution in [0.4, 0.5) is 0 Å². The predicted octanol–water partition coefficient (Wildman–Crippen LogP) is 3.53. The minimum atomic E-state index is 0.562. The number of piperidine rings is 2. The molecule has 2 atom stereocenters. The van der Waals surface area contributed by atoms with Gasteiger partial charge in [0.2, 0.25) is 0 Å². The molecule has 1 aromatic carbocycles. The average molecular weight is 286 g/mol. The Kier molecular flexibility index (Phi) is 4.66. The number of hydrogen-bond donors (Lipinski definition) is 1. The van der Waals surface area contributed by atoms with Crippen LogP contribution < -0.4 is 5.32 Å². The Hall–Kier alpha value is -0.860. The Morgan fingerprint density at radius 3 is 2.81 bits per heavy atom. The summed E-state index contributed by atoms with van der Waals surface area (Å²) in [5, 5.41) is 3.63. The average Bonchev–Trinajstić information content (AvgIpc) is 2.48. The van der Waals surface area contributed by atoms with Crippen LogP contribution in [0.2, 0.25) is 0 Å². The zero-order valence-electron chi connectivity index (χ0n) is 13.6. The summed E-state index contributed by atoms with van der Waals surface area (Å²) >= 11 is 0. The first kappa shape index (κ1) is 15.1. The minimum absolute atomic E-state index is 0.562. The molecular formula is C19H30N2. The second-order valence-corrected chi connectivity index (χ2v) is 7.47. The fraction of sp³-hybridized carbons (Fsp3) is 0.684. The van der Waals surface area contributed by atoms with E-state index < -0.39 is 0 Å². The first-order valence-corrected chi connectivity index (χ1v) is 8.67. The maximum absolute atomic E-state index is 3.63. The second kappa shape index (κ2) is 6.50. The molecule has 0 bridgehead atoms. The van der Waals surface area contributed by atoms with Crippen molar-refractivity contribution < 1.29 is 0 Å². The van der Waals surface area contributed by atoms with Gasteiger partial charge in [-0.05, 0) is 61.7 Å². The molecule has 0 aliphatic carbocycles. The smallest absolute Gasteiger partial charge is 0.0233 e. The lowest BCUT2D eigenvalue weighted by Gasteiger charge is -2.52. The fourth-order valence-electron chi connectivity index (χ4n) is 4.68. The van der Waals surface area contributed by atoms with Gasteiger partial charge in [0.1, 0.15) is 0 Å². The Morgan fingerprint density at radius 1 is 1.24 bits per heavy atom. The molecule has 2 heterocycles. The van der Waals surface area contributed by atoms with E-state index in [-0.39, 0.29) is 0 Å². The van der Waals surface area contributed by atoms with Crippen LogP contribution in [0.5, 0.6) is 0 Å². The molecule has 0 amide bonds. The van der Waals surface area contributed by atoms with Crippen molar-refractivity contribution in [1.29, 1.82) is 0 Å². The van der Waals surface area contributed by atoms with Crippen LogP contribution in [0.3, 0.4) is 0 Å². The molecule has 1 spiro atoms. The summed E-state index contributed by atoms with van der Waals surface area (Å²) < 4.78 is 0. The second-order valence-electron chi connectivity index (χ2n) is 7.47. The van der Waals surface area contributed by atoms with E-state index in [0.29, 0.717) is 5.41 Å². The number of likely N-dealkylation sites (tertiary alicyclic amines) is 1. The van der Waals surface area contributed by atoms with Crippen molar-refractivity contribution in [2.24, 2.45) is 17.3 Å². The van der Waals surface area contributed by atoms with E-state index in [4.69, 9.17) is 0 Å². The monoisotopic (exact) mass is 286 g/mol. The summed E-state index contributed by atoms with van der Waals surface area (Å²) in [6.07, 6.45) is 4.17. The molecule has 2 fully saturated rings. The van der Waals surface area contributed by atoms with Crippen LogP contribution in [0.1, 0.15) is 38.7 Å². The van der Waals surface area contributed by atoms with Crippen LogP contribution in [0, 0.1) is 17.3 Å². The molecule has 2 saturated heterocycles. The van der Waals surface area contributed by atoms with Gasteiger partial charge in [-0.25, -0.2) is 0 Å². The van der Waals surface area contributed by atoms with Crippen LogP contribution >= 0.6 is 0 Å². The number of rotatable bonds is 3. The number of nitrogens with zero attached hydrogens (tertiary/aromatic N) is 1. The lowest BCUT2D eigenvalue weighted by atomic mass is 9.62. The maximum atomic E-state index is 3.63. The summed E-state index contributed by atoms with van der Waals surface area (Å²) in [5.74, 6) is 1.62. The molecule has 0 aromatic heterocycles. The Morgan fingerprint density at radius 2 is 2.05 bits per heavy atom. The van der Waals surface area contributed by atoms with Crippen LogP contribution in [0.25, 0.3) is 0 Å². The highest BCUT2D eigenvalue weighted by Crippen LogP contribution is 2.45. The molecule has 2 aliphatic heterocycles. The van der Waals surface area contributed by atoms with Crippen molar-refractivity contribution >= 4 is 0 Å². The SMILES string of the molecule is CC(C)C1CNCCC12CCCN(Cc1ccccc1)C2. The molecule has 2 heteroatoms. The summed E-state index contributed by atoms with van der Waals surface area (Å²) in [5.41, 5.74) is 2.02. The van der Waals surface area contributed by atoms with Gasteiger partial charge in [-0.1, -0.05) is 44.2 Å². The first-order valence-electron chi connectivity index (χ1n) is 8.67. The molecule has 1 aromatic rings. The predicted molar refractivity (Wildman–Crippen MR) is 89.2 cm³/mol. The lowest BCUT2D eigenvalue weighted by Crippen LogP contribution is -2.55. The van der Waals surface area contributed by atoms with Gasteiger partial charge in [-0.2, -0.15) is 0 Å². The molecule has 2 nitrogen and oxygen atoms in total. The summed E-state index contributed by atoms with van der Waals surface area (Å²) in [6, 6.07) is 11.0. The first-order chi connectivity index (χ1) is 10.2. The van der Waals surface area contributed by atoms with Crippen molar-refractivity contribution in [3.8, 4) is 0 Å². The van der Waals surface area contributed by atoms with Gasteiger partial charge >= 0.3 is 0 Å². The van der Waals surface area contributed by atoms with E-state index >= 15 is 0 Å². The van der Waals surface area contributed by atoms with Gasteiger partial charge in [-0.15, -0.1) is 0 Å². The van der Waals surface area contributed by atoms with E-state index in [1.165, 1.54) is 51.0 Å². The van der Waals surface area contributed by atoms with Crippen LogP contribution in [-0.2, 0) is 6.54 Å². The van der Waals surface area contributed by atoms with Crippen molar-refractivity contribution in [1.82, 2.24) is 10.2 Å². The Balaban J connectivity index is 1.72. The highest BCUT2D eigenvalue weighted by atomic mass is 15.1. The maximum Gasteiger partial charge on any atom is 0.0233 e. The van der Waals surface area contributed by atoms with E-state index in [1.54, 1.807) is 0 Å². The topological polar surface area (TPSA) is 15.3 Å². The van der Waals surface area contributed by atoms with Crippen molar-refractivity contribution in [3.05, 3.63) is 35.9 Å². The minimum Gasteiger partial charge on any atom is -0.316 e. The van der Waals surface area contributed by atoms with Crippen molar-refractivity contribution in [2.45, 2.75) is 39.7 Å². The van der Waals surface area contributed by atoms with Gasteiger partial charge in [0.25, 0.3) is 0 Å². The molecule has 0 saturated carbocycles. The molecule has 21 heavy (non-hydrogen) atoms. The summed E-state index contributed by atoms with van der Waals surface area (Å²) in [7, 11) is 0. The van der Waals surface area contributed by atoms with Crippen LogP contribution in [0.15, 0.2) is 30.3 Å². The lowest BCUT2D eigenvalue weighted by molar-refractivity contribution is -0.0121. The standard InChI is InChI=1S/C19H30N2/c1-16(2)18-13-20-11-10-19(18)9-6-12-21(15-19)14-17-7-4-3-5-8-17/h3-5,7-8,16,18,20H,6,9-15H2,1-2H3. The third-order valence-electron chi connectivity index (χ3n) is 5.69. The van der Waals surface area contributed by atoms with Gasteiger partial charge in [-0.3, -0.25) is 4.90 Å². The van der Waals surface area contributed by atoms with Crippen LogP contribution in [-0.4, -0.2) is 31.1 Å². The fourth-order valence-corrected chi connectivity index (χ4v) is 4.68. The molecule has 116 valence electrons. The highest BCUT2D eigenvalue weighted by molar-refractivity contribution is 5.14. The summed E-state index contributed by atoms with van der Waals surface area (Å²) in [6.45, 7) is 11.0. The zero-order chi connectivity index (χ0) is 14.7. The number of nitrogens with one attached hydrogen (secondary N) is 1. The summed E-state index contributed by atoms with van der Waals surface area (Å²) in [4.78, 5) is 2.71. The molecular weight excluding hydrogens is 256 g/mol. The van der Waals surface area contributed by atoms with Gasteiger partial charge < -0.3 is 5.32 Å². The largest absolute Gasteiger partial charge is 0.316 e. The van der Waals surface area contributed by atoms with Gasteiger partial charge in [0, 0.05) is 13.1 Å². The number of hydrogen-bond acceptors (Lipinski definition) is 2. The van der Waals surface area contributed by atoms with E-state index in [9.17, 15) is 0 Å². The quantitative estimate of drug-likeness (QED) is 0.914. The van der Waals surface area contributed by atoms with Gasteiger partial charge in [0.05, 0.1) is 0 Å². The molecule has 3 rings (SSSR count).